The first-order chi connectivity index (χ1) is 10.9. The maximum atomic E-state index is 12.6. The highest BCUT2D eigenvalue weighted by atomic mass is 16.5. The lowest BCUT2D eigenvalue weighted by Crippen LogP contribution is -2.50. The first kappa shape index (κ1) is 17.3. The van der Waals surface area contributed by atoms with Gasteiger partial charge in [-0.2, -0.15) is 0 Å². The summed E-state index contributed by atoms with van der Waals surface area (Å²) in [4.78, 5) is 26.4. The fourth-order valence-corrected chi connectivity index (χ4v) is 2.79. The van der Waals surface area contributed by atoms with Crippen molar-refractivity contribution in [2.24, 2.45) is 11.8 Å². The number of likely N-dealkylation sites (N-methyl/N-ethyl adjacent to an activating group) is 1. The average Bonchev–Trinajstić information content (AvgIpc) is 2.52. The number of hydrogen-bond acceptors (Lipinski definition) is 3. The molecule has 5 heteroatoms. The van der Waals surface area contributed by atoms with E-state index in [1.807, 2.05) is 38.1 Å². The molecule has 23 heavy (non-hydrogen) atoms. The molecule has 2 atom stereocenters. The third kappa shape index (κ3) is 4.47. The predicted octanol–water partition coefficient (Wildman–Crippen LogP) is 1.86. The summed E-state index contributed by atoms with van der Waals surface area (Å²) in [5, 5.41) is 2.92. The number of nitrogens with one attached hydrogen (secondary N) is 1. The minimum atomic E-state index is -0.477. The second-order valence-electron chi connectivity index (χ2n) is 6.74. The summed E-state index contributed by atoms with van der Waals surface area (Å²) in [5.41, 5.74) is 1.04. The number of nitrogens with zero attached hydrogens (tertiary/aromatic N) is 1. The maximum Gasteiger partial charge on any atom is 0.244 e. The van der Waals surface area contributed by atoms with E-state index in [4.69, 9.17) is 4.74 Å². The molecule has 1 aromatic carbocycles. The van der Waals surface area contributed by atoms with E-state index in [0.717, 1.165) is 11.3 Å². The predicted molar refractivity (Wildman–Crippen MR) is 89.2 cm³/mol. The molecule has 0 radical (unpaired) electrons. The molecule has 1 heterocycles. The van der Waals surface area contributed by atoms with Crippen molar-refractivity contribution in [2.45, 2.75) is 32.7 Å². The molecule has 2 rings (SSSR count). The van der Waals surface area contributed by atoms with E-state index in [9.17, 15) is 9.59 Å². The number of hydrogen-bond donors (Lipinski definition) is 1. The van der Waals surface area contributed by atoms with Crippen molar-refractivity contribution >= 4 is 11.8 Å². The van der Waals surface area contributed by atoms with Gasteiger partial charge in [0.05, 0.1) is 5.92 Å². The van der Waals surface area contributed by atoms with Crippen LogP contribution in [0.2, 0.25) is 0 Å². The highest BCUT2D eigenvalue weighted by Gasteiger charge is 2.30. The molecule has 0 saturated heterocycles. The van der Waals surface area contributed by atoms with Crippen LogP contribution in [0.5, 0.6) is 5.75 Å². The summed E-state index contributed by atoms with van der Waals surface area (Å²) in [5.74, 6) is 0.742. The van der Waals surface area contributed by atoms with Gasteiger partial charge in [0.1, 0.15) is 18.4 Å². The summed E-state index contributed by atoms with van der Waals surface area (Å²) in [6, 6.07) is 7.29. The molecule has 2 amide bonds. The van der Waals surface area contributed by atoms with Gasteiger partial charge >= 0.3 is 0 Å². The Kier molecular flexibility index (Phi) is 5.64. The van der Waals surface area contributed by atoms with Crippen LogP contribution in [0.4, 0.5) is 0 Å². The summed E-state index contributed by atoms with van der Waals surface area (Å²) in [6.45, 7) is 4.44. The van der Waals surface area contributed by atoms with Crippen LogP contribution in [0.25, 0.3) is 0 Å². The van der Waals surface area contributed by atoms with Gasteiger partial charge in [0.25, 0.3) is 0 Å². The van der Waals surface area contributed by atoms with E-state index in [1.165, 1.54) is 4.90 Å². The van der Waals surface area contributed by atoms with Crippen molar-refractivity contribution in [3.63, 3.8) is 0 Å². The Hall–Kier alpha value is -2.04. The summed E-state index contributed by atoms with van der Waals surface area (Å²) >= 11 is 0. The summed E-state index contributed by atoms with van der Waals surface area (Å²) in [7, 11) is 3.42. The van der Waals surface area contributed by atoms with Crippen LogP contribution in [-0.4, -0.2) is 43.5 Å². The van der Waals surface area contributed by atoms with Gasteiger partial charge in [0, 0.05) is 14.1 Å². The first-order valence-electron chi connectivity index (χ1n) is 8.10. The van der Waals surface area contributed by atoms with Crippen LogP contribution >= 0.6 is 0 Å². The third-order valence-corrected chi connectivity index (χ3v) is 4.01. The number of carbonyl (C=O) groups excluding carboxylic acids is 2. The molecule has 0 unspecified atom stereocenters. The molecular weight excluding hydrogens is 292 g/mol. The number of rotatable bonds is 5. The van der Waals surface area contributed by atoms with Gasteiger partial charge in [-0.1, -0.05) is 32.0 Å². The SMILES string of the molecule is CC(C)C[C@H](NC(=O)[C@@H]1COc2ccccc2C1)C(=O)N(C)C. The van der Waals surface area contributed by atoms with E-state index >= 15 is 0 Å². The molecule has 1 aliphatic rings. The Morgan fingerprint density at radius 1 is 1.30 bits per heavy atom. The number of ether oxygens (including phenoxy) is 1. The van der Waals surface area contributed by atoms with Crippen LogP contribution in [0.1, 0.15) is 25.8 Å². The quantitative estimate of drug-likeness (QED) is 0.901. The highest BCUT2D eigenvalue weighted by Crippen LogP contribution is 2.27. The Balaban J connectivity index is 2.03. The lowest BCUT2D eigenvalue weighted by atomic mass is 9.95. The minimum absolute atomic E-state index is 0.0656. The molecule has 1 N–H and O–H groups in total. The summed E-state index contributed by atoms with van der Waals surface area (Å²) in [6.07, 6.45) is 1.28. The van der Waals surface area contributed by atoms with Crippen LogP contribution < -0.4 is 10.1 Å². The molecule has 0 aromatic heterocycles. The smallest absolute Gasteiger partial charge is 0.244 e. The van der Waals surface area contributed by atoms with Crippen molar-refractivity contribution in [2.75, 3.05) is 20.7 Å². The Morgan fingerprint density at radius 3 is 2.65 bits per heavy atom. The van der Waals surface area contributed by atoms with E-state index < -0.39 is 6.04 Å². The lowest BCUT2D eigenvalue weighted by molar-refractivity contribution is -0.136. The van der Waals surface area contributed by atoms with Crippen molar-refractivity contribution in [3.8, 4) is 5.75 Å². The van der Waals surface area contributed by atoms with Crippen LogP contribution in [0, 0.1) is 11.8 Å². The topological polar surface area (TPSA) is 58.6 Å². The molecule has 1 aliphatic heterocycles. The van der Waals surface area contributed by atoms with Gasteiger partial charge in [-0.3, -0.25) is 9.59 Å². The molecule has 0 fully saturated rings. The van der Waals surface area contributed by atoms with E-state index in [-0.39, 0.29) is 17.7 Å². The van der Waals surface area contributed by atoms with E-state index in [2.05, 4.69) is 5.32 Å². The normalized spacial score (nSPS) is 17.9. The van der Waals surface area contributed by atoms with Crippen LogP contribution in [0.15, 0.2) is 24.3 Å². The second kappa shape index (κ2) is 7.49. The molecule has 126 valence electrons. The van der Waals surface area contributed by atoms with Gasteiger partial charge in [0.15, 0.2) is 0 Å². The Bertz CT molecular complexity index is 569. The zero-order valence-corrected chi connectivity index (χ0v) is 14.3. The average molecular weight is 318 g/mol. The van der Waals surface area contributed by atoms with Gasteiger partial charge in [-0.15, -0.1) is 0 Å². The fourth-order valence-electron chi connectivity index (χ4n) is 2.79. The largest absolute Gasteiger partial charge is 0.492 e. The monoisotopic (exact) mass is 318 g/mol. The molecular formula is C18H26N2O3. The molecule has 0 aliphatic carbocycles. The molecule has 0 spiro atoms. The fraction of sp³-hybridized carbons (Fsp3) is 0.556. The van der Waals surface area contributed by atoms with Crippen LogP contribution in [0.3, 0.4) is 0 Å². The number of carbonyl (C=O) groups is 2. The zero-order valence-electron chi connectivity index (χ0n) is 14.3. The Labute approximate surface area is 138 Å². The second-order valence-corrected chi connectivity index (χ2v) is 6.74. The molecule has 5 nitrogen and oxygen atoms in total. The first-order valence-corrected chi connectivity index (χ1v) is 8.10. The van der Waals surface area contributed by atoms with E-state index in [1.54, 1.807) is 14.1 Å². The minimum Gasteiger partial charge on any atom is -0.492 e. The number of fused-ring (bicyclic) bond motifs is 1. The van der Waals surface area contributed by atoms with Crippen molar-refractivity contribution in [3.05, 3.63) is 29.8 Å². The third-order valence-electron chi connectivity index (χ3n) is 4.01. The molecule has 1 aromatic rings. The number of benzene rings is 1. The van der Waals surface area contributed by atoms with Crippen LogP contribution in [-0.2, 0) is 16.0 Å². The van der Waals surface area contributed by atoms with Gasteiger partial charge in [0.2, 0.25) is 11.8 Å². The standard InChI is InChI=1S/C18H26N2O3/c1-12(2)9-15(18(22)20(3)4)19-17(21)14-10-13-7-5-6-8-16(13)23-11-14/h5-8,12,14-15H,9-11H2,1-4H3,(H,19,21)/t14-,15-/m0/s1. The van der Waals surface area contributed by atoms with Gasteiger partial charge in [-0.05, 0) is 30.4 Å². The van der Waals surface area contributed by atoms with Crippen molar-refractivity contribution < 1.29 is 14.3 Å². The summed E-state index contributed by atoms with van der Waals surface area (Å²) < 4.78 is 5.67. The lowest BCUT2D eigenvalue weighted by Gasteiger charge is -2.28. The van der Waals surface area contributed by atoms with E-state index in [0.29, 0.717) is 25.4 Å². The number of amides is 2. The Morgan fingerprint density at radius 2 is 2.00 bits per heavy atom. The molecule has 0 bridgehead atoms. The molecule has 0 saturated carbocycles. The highest BCUT2D eigenvalue weighted by molar-refractivity contribution is 5.88. The van der Waals surface area contributed by atoms with Gasteiger partial charge in [-0.25, -0.2) is 0 Å². The zero-order chi connectivity index (χ0) is 17.0. The maximum absolute atomic E-state index is 12.6. The van der Waals surface area contributed by atoms with Crippen molar-refractivity contribution in [1.82, 2.24) is 10.2 Å². The number of para-hydroxylation sites is 1. The van der Waals surface area contributed by atoms with Crippen molar-refractivity contribution in [1.29, 1.82) is 0 Å². The van der Waals surface area contributed by atoms with Gasteiger partial charge < -0.3 is 15.0 Å².